The van der Waals surface area contributed by atoms with Crippen molar-refractivity contribution in [3.8, 4) is 0 Å². The van der Waals surface area contributed by atoms with Gasteiger partial charge in [-0.2, -0.15) is 0 Å². The number of aromatic nitrogens is 1. The van der Waals surface area contributed by atoms with E-state index in [1.165, 1.54) is 10.9 Å². The zero-order valence-corrected chi connectivity index (χ0v) is 11.5. The first-order valence-electron chi connectivity index (χ1n) is 6.81. The van der Waals surface area contributed by atoms with Crippen LogP contribution in [0, 0.1) is 0 Å². The second kappa shape index (κ2) is 6.95. The second-order valence-electron chi connectivity index (χ2n) is 4.45. The summed E-state index contributed by atoms with van der Waals surface area (Å²) in [6.07, 6.45) is 10.1. The lowest BCUT2D eigenvalue weighted by atomic mass is 10.2. The van der Waals surface area contributed by atoms with E-state index in [-0.39, 0.29) is 6.23 Å². The SMILES string of the molecule is C=C[C@H](OCC/C=C\CC)n1ccc2ccccc21. The highest BCUT2D eigenvalue weighted by Gasteiger charge is 2.08. The molecule has 19 heavy (non-hydrogen) atoms. The molecule has 0 saturated carbocycles. The number of allylic oxidation sites excluding steroid dienone is 1. The molecule has 100 valence electrons. The second-order valence-corrected chi connectivity index (χ2v) is 4.45. The fraction of sp³-hybridized carbons (Fsp3) is 0.294. The Morgan fingerprint density at radius 3 is 2.89 bits per heavy atom. The maximum Gasteiger partial charge on any atom is 0.152 e. The summed E-state index contributed by atoms with van der Waals surface area (Å²) in [6.45, 7) is 6.72. The fourth-order valence-electron chi connectivity index (χ4n) is 2.13. The van der Waals surface area contributed by atoms with Gasteiger partial charge in [-0.3, -0.25) is 0 Å². The lowest BCUT2D eigenvalue weighted by molar-refractivity contribution is 0.0439. The van der Waals surface area contributed by atoms with Crippen LogP contribution in [0.4, 0.5) is 0 Å². The molecule has 0 N–H and O–H groups in total. The van der Waals surface area contributed by atoms with Crippen molar-refractivity contribution >= 4 is 10.9 Å². The number of hydrogen-bond acceptors (Lipinski definition) is 1. The van der Waals surface area contributed by atoms with Crippen molar-refractivity contribution in [2.24, 2.45) is 0 Å². The molecule has 0 bridgehead atoms. The topological polar surface area (TPSA) is 14.2 Å². The first-order valence-corrected chi connectivity index (χ1v) is 6.81. The monoisotopic (exact) mass is 255 g/mol. The maximum absolute atomic E-state index is 5.88. The van der Waals surface area contributed by atoms with E-state index in [1.54, 1.807) is 0 Å². The lowest BCUT2D eigenvalue weighted by Crippen LogP contribution is -2.09. The summed E-state index contributed by atoms with van der Waals surface area (Å²) in [5.74, 6) is 0. The van der Waals surface area contributed by atoms with E-state index < -0.39 is 0 Å². The molecular weight excluding hydrogens is 234 g/mol. The van der Waals surface area contributed by atoms with Gasteiger partial charge in [-0.25, -0.2) is 0 Å². The molecule has 1 heterocycles. The normalized spacial score (nSPS) is 13.1. The molecule has 2 aromatic rings. The minimum Gasteiger partial charge on any atom is -0.354 e. The number of benzene rings is 1. The molecule has 1 atom stereocenters. The van der Waals surface area contributed by atoms with E-state index in [4.69, 9.17) is 4.74 Å². The highest BCUT2D eigenvalue weighted by molar-refractivity contribution is 5.80. The van der Waals surface area contributed by atoms with Crippen molar-refractivity contribution in [2.75, 3.05) is 6.61 Å². The van der Waals surface area contributed by atoms with E-state index in [2.05, 4.69) is 54.6 Å². The Morgan fingerprint density at radius 2 is 2.11 bits per heavy atom. The fourth-order valence-corrected chi connectivity index (χ4v) is 2.13. The van der Waals surface area contributed by atoms with Gasteiger partial charge < -0.3 is 9.30 Å². The van der Waals surface area contributed by atoms with E-state index >= 15 is 0 Å². The van der Waals surface area contributed by atoms with Gasteiger partial charge in [-0.1, -0.05) is 43.9 Å². The summed E-state index contributed by atoms with van der Waals surface area (Å²) in [7, 11) is 0. The molecule has 0 spiro atoms. The van der Waals surface area contributed by atoms with Gasteiger partial charge in [0.2, 0.25) is 0 Å². The van der Waals surface area contributed by atoms with Crippen molar-refractivity contribution in [3.05, 3.63) is 61.3 Å². The van der Waals surface area contributed by atoms with Crippen LogP contribution in [-0.2, 0) is 4.74 Å². The van der Waals surface area contributed by atoms with Crippen LogP contribution in [0.2, 0.25) is 0 Å². The molecule has 2 rings (SSSR count). The van der Waals surface area contributed by atoms with Crippen molar-refractivity contribution in [1.29, 1.82) is 0 Å². The maximum atomic E-state index is 5.88. The number of rotatable bonds is 7. The van der Waals surface area contributed by atoms with Crippen LogP contribution in [0.15, 0.2) is 61.3 Å². The van der Waals surface area contributed by atoms with Crippen LogP contribution >= 0.6 is 0 Å². The summed E-state index contributed by atoms with van der Waals surface area (Å²) in [5, 5.41) is 1.23. The van der Waals surface area contributed by atoms with Crippen LogP contribution < -0.4 is 0 Å². The van der Waals surface area contributed by atoms with E-state index in [0.717, 1.165) is 12.8 Å². The number of hydrogen-bond donors (Lipinski definition) is 0. The molecule has 1 aromatic carbocycles. The Labute approximate surface area is 115 Å². The minimum absolute atomic E-state index is 0.102. The van der Waals surface area contributed by atoms with Crippen LogP contribution in [0.5, 0.6) is 0 Å². The molecule has 0 radical (unpaired) electrons. The Balaban J connectivity index is 2.05. The molecule has 0 aliphatic rings. The van der Waals surface area contributed by atoms with E-state index in [9.17, 15) is 0 Å². The zero-order valence-electron chi connectivity index (χ0n) is 11.5. The van der Waals surface area contributed by atoms with Gasteiger partial charge in [0, 0.05) is 6.20 Å². The summed E-state index contributed by atoms with van der Waals surface area (Å²) in [5.41, 5.74) is 1.18. The Bertz CT molecular complexity index is 553. The van der Waals surface area contributed by atoms with Crippen molar-refractivity contribution < 1.29 is 4.74 Å². The Kier molecular flexibility index (Phi) is 4.99. The smallest absolute Gasteiger partial charge is 0.152 e. The van der Waals surface area contributed by atoms with Crippen molar-refractivity contribution in [1.82, 2.24) is 4.57 Å². The molecule has 1 aromatic heterocycles. The van der Waals surface area contributed by atoms with Crippen molar-refractivity contribution in [2.45, 2.75) is 26.0 Å². The first-order chi connectivity index (χ1) is 9.36. The first kappa shape index (κ1) is 13.6. The van der Waals surface area contributed by atoms with Gasteiger partial charge in [-0.05, 0) is 36.4 Å². The Hall–Kier alpha value is -1.80. The van der Waals surface area contributed by atoms with Crippen LogP contribution in [-0.4, -0.2) is 11.2 Å². The third-order valence-electron chi connectivity index (χ3n) is 3.08. The Morgan fingerprint density at radius 1 is 1.26 bits per heavy atom. The third-order valence-corrected chi connectivity index (χ3v) is 3.08. The quantitative estimate of drug-likeness (QED) is 0.516. The lowest BCUT2D eigenvalue weighted by Gasteiger charge is -2.16. The van der Waals surface area contributed by atoms with Gasteiger partial charge in [0.05, 0.1) is 12.1 Å². The molecule has 0 amide bonds. The number of nitrogens with zero attached hydrogens (tertiary/aromatic N) is 1. The number of ether oxygens (including phenoxy) is 1. The van der Waals surface area contributed by atoms with Crippen LogP contribution in [0.25, 0.3) is 10.9 Å². The highest BCUT2D eigenvalue weighted by Crippen LogP contribution is 2.21. The minimum atomic E-state index is -0.102. The standard InChI is InChI=1S/C17H21NO/c1-3-5-6-9-14-19-17(4-2)18-13-12-15-10-7-8-11-16(15)18/h4-8,10-13,17H,2-3,9,14H2,1H3/b6-5-/t17-/m0/s1. The summed E-state index contributed by atoms with van der Waals surface area (Å²) in [4.78, 5) is 0. The molecule has 2 nitrogen and oxygen atoms in total. The van der Waals surface area contributed by atoms with E-state index in [1.807, 2.05) is 18.2 Å². The van der Waals surface area contributed by atoms with Crippen LogP contribution in [0.3, 0.4) is 0 Å². The molecule has 0 fully saturated rings. The molecule has 0 aliphatic heterocycles. The molecule has 0 aliphatic carbocycles. The molecular formula is C17H21NO. The number of para-hydroxylation sites is 1. The zero-order chi connectivity index (χ0) is 13.5. The van der Waals surface area contributed by atoms with Crippen LogP contribution in [0.1, 0.15) is 26.0 Å². The average Bonchev–Trinajstić information content (AvgIpc) is 2.87. The average molecular weight is 255 g/mol. The molecule has 0 saturated heterocycles. The molecule has 0 unspecified atom stereocenters. The summed E-state index contributed by atoms with van der Waals surface area (Å²) in [6, 6.07) is 10.4. The number of fused-ring (bicyclic) bond motifs is 1. The van der Waals surface area contributed by atoms with Gasteiger partial charge in [0.25, 0.3) is 0 Å². The molecule has 2 heteroatoms. The van der Waals surface area contributed by atoms with E-state index in [0.29, 0.717) is 6.61 Å². The highest BCUT2D eigenvalue weighted by atomic mass is 16.5. The van der Waals surface area contributed by atoms with Crippen molar-refractivity contribution in [3.63, 3.8) is 0 Å². The summed E-state index contributed by atoms with van der Waals surface area (Å²) < 4.78 is 8.00. The van der Waals surface area contributed by atoms with Gasteiger partial charge in [0.1, 0.15) is 0 Å². The predicted molar refractivity (Wildman–Crippen MR) is 81.2 cm³/mol. The van der Waals surface area contributed by atoms with Gasteiger partial charge in [-0.15, -0.1) is 0 Å². The summed E-state index contributed by atoms with van der Waals surface area (Å²) >= 11 is 0. The van der Waals surface area contributed by atoms with Gasteiger partial charge in [0.15, 0.2) is 6.23 Å². The van der Waals surface area contributed by atoms with Gasteiger partial charge >= 0.3 is 0 Å². The third kappa shape index (κ3) is 3.36. The predicted octanol–water partition coefficient (Wildman–Crippen LogP) is 4.70. The largest absolute Gasteiger partial charge is 0.354 e.